The van der Waals surface area contributed by atoms with Gasteiger partial charge >= 0.3 is 0 Å². The molecule has 0 aromatic heterocycles. The predicted octanol–water partition coefficient (Wildman–Crippen LogP) is 4.16. The molecule has 1 heterocycles. The van der Waals surface area contributed by atoms with Gasteiger partial charge in [-0.05, 0) is 0 Å². The van der Waals surface area contributed by atoms with Gasteiger partial charge in [0.1, 0.15) is 12.6 Å². The lowest BCUT2D eigenvalue weighted by Gasteiger charge is -2.15. The van der Waals surface area contributed by atoms with Crippen LogP contribution in [0, 0.1) is 6.04 Å². The standard InChI is InChI=1S/C19H19N/c1-3-9-17(10-4-1)13-14-19(20-15-7-8-16-20)18-11-5-2-6-12-18/h1-6,9-15H,7-8,16H2/b14-13+. The van der Waals surface area contributed by atoms with Crippen LogP contribution in [0.5, 0.6) is 0 Å². The van der Waals surface area contributed by atoms with Crippen molar-refractivity contribution in [3.05, 3.63) is 83.9 Å². The zero-order valence-corrected chi connectivity index (χ0v) is 11.6. The van der Waals surface area contributed by atoms with Crippen LogP contribution < -0.4 is 0 Å². The van der Waals surface area contributed by atoms with E-state index in [2.05, 4.69) is 77.5 Å². The molecule has 0 atom stereocenters. The van der Waals surface area contributed by atoms with E-state index in [0.29, 0.717) is 0 Å². The zero-order valence-electron chi connectivity index (χ0n) is 11.6. The molecule has 20 heavy (non-hydrogen) atoms. The van der Waals surface area contributed by atoms with Crippen molar-refractivity contribution in [2.75, 3.05) is 6.54 Å². The highest BCUT2D eigenvalue weighted by atomic mass is 15.0. The van der Waals surface area contributed by atoms with Gasteiger partial charge in [0.25, 0.3) is 0 Å². The molecule has 0 saturated heterocycles. The molecule has 0 amide bonds. The third-order valence-corrected chi connectivity index (χ3v) is 3.56. The Morgan fingerprint density at radius 1 is 0.900 bits per heavy atom. The summed E-state index contributed by atoms with van der Waals surface area (Å²) in [4.78, 5) is 0. The van der Waals surface area contributed by atoms with Crippen LogP contribution in [0.25, 0.3) is 6.08 Å². The Hall–Kier alpha value is -2.28. The fraction of sp³-hybridized carbons (Fsp3) is 0.158. The Morgan fingerprint density at radius 2 is 1.60 bits per heavy atom. The molecule has 1 aliphatic rings. The first-order chi connectivity index (χ1) is 9.93. The maximum atomic E-state index is 2.37. The first-order valence-corrected chi connectivity index (χ1v) is 7.19. The molecule has 0 fully saturated rings. The van der Waals surface area contributed by atoms with Gasteiger partial charge in [-0.2, -0.15) is 0 Å². The van der Waals surface area contributed by atoms with Crippen molar-refractivity contribution in [2.45, 2.75) is 12.8 Å². The summed E-state index contributed by atoms with van der Waals surface area (Å²) < 4.78 is 2.37. The topological polar surface area (TPSA) is 3.01 Å². The number of hydrogen-bond acceptors (Lipinski definition) is 0. The minimum atomic E-state index is 1.11. The molecule has 3 rings (SSSR count). The molecular weight excluding hydrogens is 242 g/mol. The molecule has 1 aliphatic heterocycles. The quantitative estimate of drug-likeness (QED) is 0.574. The number of benzene rings is 2. The molecule has 0 spiro atoms. The summed E-state index contributed by atoms with van der Waals surface area (Å²) in [7, 11) is 0. The molecule has 100 valence electrons. The smallest absolute Gasteiger partial charge is 0.134 e. The molecule has 0 radical (unpaired) electrons. The molecular formula is C19H19N. The van der Waals surface area contributed by atoms with Crippen LogP contribution in [-0.2, 0) is 0 Å². The van der Waals surface area contributed by atoms with E-state index in [9.17, 15) is 0 Å². The molecule has 1 nitrogen and oxygen atoms in total. The Labute approximate surface area is 120 Å². The summed E-state index contributed by atoms with van der Waals surface area (Å²) in [5, 5.41) is 0. The van der Waals surface area contributed by atoms with Crippen LogP contribution in [0.4, 0.5) is 0 Å². The lowest BCUT2D eigenvalue weighted by Crippen LogP contribution is -2.16. The van der Waals surface area contributed by atoms with Crippen LogP contribution in [0.15, 0.2) is 66.7 Å². The van der Waals surface area contributed by atoms with E-state index in [1.54, 1.807) is 0 Å². The second-order valence-corrected chi connectivity index (χ2v) is 5.01. The zero-order chi connectivity index (χ0) is 13.6. The van der Waals surface area contributed by atoms with Gasteiger partial charge in [0, 0.05) is 12.8 Å². The van der Waals surface area contributed by atoms with Crippen molar-refractivity contribution < 1.29 is 4.58 Å². The molecule has 1 heteroatoms. The van der Waals surface area contributed by atoms with Gasteiger partial charge in [-0.1, -0.05) is 65.7 Å². The van der Waals surface area contributed by atoms with E-state index in [1.165, 1.54) is 30.0 Å². The Kier molecular flexibility index (Phi) is 3.98. The van der Waals surface area contributed by atoms with Gasteiger partial charge in [-0.15, -0.1) is 18.2 Å². The van der Waals surface area contributed by atoms with E-state index in [4.69, 9.17) is 0 Å². The van der Waals surface area contributed by atoms with Crippen molar-refractivity contribution in [3.8, 4) is 0 Å². The average Bonchev–Trinajstić information content (AvgIpc) is 3.04. The van der Waals surface area contributed by atoms with E-state index in [1.807, 2.05) is 6.07 Å². The van der Waals surface area contributed by atoms with Crippen LogP contribution in [-0.4, -0.2) is 17.3 Å². The SMILES string of the molecule is C1=[N+]([C-](/C=C/c2ccccc2)c2ccccc2)CCC1. The first kappa shape index (κ1) is 12.7. The normalized spacial score (nSPS) is 14.5. The maximum Gasteiger partial charge on any atom is 0.134 e. The van der Waals surface area contributed by atoms with Gasteiger partial charge in [0.05, 0.1) is 6.21 Å². The van der Waals surface area contributed by atoms with Gasteiger partial charge in [-0.3, -0.25) is 4.58 Å². The third-order valence-electron chi connectivity index (χ3n) is 3.56. The fourth-order valence-electron chi connectivity index (χ4n) is 2.52. The van der Waals surface area contributed by atoms with Crippen LogP contribution in [0.3, 0.4) is 0 Å². The summed E-state index contributed by atoms with van der Waals surface area (Å²) in [6.07, 6.45) is 9.14. The fourth-order valence-corrected chi connectivity index (χ4v) is 2.52. The minimum absolute atomic E-state index is 1.11. The summed E-state index contributed by atoms with van der Waals surface area (Å²) >= 11 is 0. The monoisotopic (exact) mass is 261 g/mol. The highest BCUT2D eigenvalue weighted by Gasteiger charge is 2.18. The highest BCUT2D eigenvalue weighted by molar-refractivity contribution is 5.57. The van der Waals surface area contributed by atoms with Crippen molar-refractivity contribution in [2.24, 2.45) is 0 Å². The Balaban J connectivity index is 1.88. The van der Waals surface area contributed by atoms with E-state index < -0.39 is 0 Å². The second kappa shape index (κ2) is 6.25. The van der Waals surface area contributed by atoms with Crippen molar-refractivity contribution in [1.29, 1.82) is 0 Å². The molecule has 0 N–H and O–H groups in total. The lowest BCUT2D eigenvalue weighted by atomic mass is 10.0. The molecule has 0 unspecified atom stereocenters. The minimum Gasteiger partial charge on any atom is -0.267 e. The van der Waals surface area contributed by atoms with Gasteiger partial charge in [0.15, 0.2) is 0 Å². The van der Waals surface area contributed by atoms with Crippen LogP contribution in [0.2, 0.25) is 0 Å². The number of rotatable bonds is 4. The second-order valence-electron chi connectivity index (χ2n) is 5.01. The Bertz CT molecular complexity index is 596. The highest BCUT2D eigenvalue weighted by Crippen LogP contribution is 2.21. The van der Waals surface area contributed by atoms with Gasteiger partial charge in [-0.25, -0.2) is 0 Å². The van der Waals surface area contributed by atoms with Crippen molar-refractivity contribution >= 4 is 12.3 Å². The van der Waals surface area contributed by atoms with Crippen LogP contribution >= 0.6 is 0 Å². The summed E-state index contributed by atoms with van der Waals surface area (Å²) in [5.41, 5.74) is 2.51. The molecule has 0 bridgehead atoms. The first-order valence-electron chi connectivity index (χ1n) is 7.19. The van der Waals surface area contributed by atoms with Gasteiger partial charge < -0.3 is 0 Å². The van der Waals surface area contributed by atoms with E-state index in [0.717, 1.165) is 6.54 Å². The average molecular weight is 261 g/mol. The third kappa shape index (κ3) is 3.00. The number of nitrogens with zero attached hydrogens (tertiary/aromatic N) is 1. The summed E-state index contributed by atoms with van der Waals surface area (Å²) in [5.74, 6) is 0. The van der Waals surface area contributed by atoms with E-state index >= 15 is 0 Å². The Morgan fingerprint density at radius 3 is 2.25 bits per heavy atom. The molecule has 2 aromatic rings. The van der Waals surface area contributed by atoms with Gasteiger partial charge in [0.2, 0.25) is 0 Å². The van der Waals surface area contributed by atoms with E-state index in [-0.39, 0.29) is 0 Å². The number of hydrogen-bond donors (Lipinski definition) is 0. The summed E-state index contributed by atoms with van der Waals surface area (Å²) in [6.45, 7) is 1.11. The van der Waals surface area contributed by atoms with Crippen LogP contribution in [0.1, 0.15) is 24.0 Å². The summed E-state index contributed by atoms with van der Waals surface area (Å²) in [6, 6.07) is 22.4. The van der Waals surface area contributed by atoms with Crippen molar-refractivity contribution in [1.82, 2.24) is 0 Å². The lowest BCUT2D eigenvalue weighted by molar-refractivity contribution is -0.487. The molecule has 2 aromatic carbocycles. The predicted molar refractivity (Wildman–Crippen MR) is 84.7 cm³/mol. The van der Waals surface area contributed by atoms with Crippen molar-refractivity contribution in [3.63, 3.8) is 0 Å². The molecule has 0 saturated carbocycles. The maximum absolute atomic E-state index is 2.37. The molecule has 0 aliphatic carbocycles. The largest absolute Gasteiger partial charge is 0.267 e.